The zero-order valence-corrected chi connectivity index (χ0v) is 18.7. The minimum absolute atomic E-state index is 0.481. The SMILES string of the molecule is c1ccc(-n2cccn2)c(CNc2nc(N3CCNCC3)nc3c2ncn3C2CCCC2)c1. The van der Waals surface area contributed by atoms with Crippen molar-refractivity contribution in [2.45, 2.75) is 38.3 Å². The number of para-hydroxylation sites is 1. The molecule has 9 nitrogen and oxygen atoms in total. The first-order valence-electron chi connectivity index (χ1n) is 11.9. The van der Waals surface area contributed by atoms with Crippen molar-refractivity contribution in [2.24, 2.45) is 0 Å². The fraction of sp³-hybridized carbons (Fsp3) is 0.417. The topological polar surface area (TPSA) is 88.7 Å². The van der Waals surface area contributed by atoms with Crippen LogP contribution in [0.25, 0.3) is 16.9 Å². The van der Waals surface area contributed by atoms with Crippen molar-refractivity contribution in [1.29, 1.82) is 0 Å². The van der Waals surface area contributed by atoms with Gasteiger partial charge in [0.15, 0.2) is 17.0 Å². The molecule has 1 saturated carbocycles. The van der Waals surface area contributed by atoms with Gasteiger partial charge in [-0.05, 0) is 30.5 Å². The van der Waals surface area contributed by atoms with Crippen LogP contribution >= 0.6 is 0 Å². The van der Waals surface area contributed by atoms with E-state index >= 15 is 0 Å². The molecule has 4 aromatic rings. The van der Waals surface area contributed by atoms with Crippen LogP contribution in [0.15, 0.2) is 49.1 Å². The molecule has 0 amide bonds. The smallest absolute Gasteiger partial charge is 0.229 e. The molecule has 2 aliphatic rings. The first-order valence-corrected chi connectivity index (χ1v) is 11.9. The van der Waals surface area contributed by atoms with E-state index in [1.165, 1.54) is 25.7 Å². The minimum Gasteiger partial charge on any atom is -0.364 e. The Labute approximate surface area is 192 Å². The lowest BCUT2D eigenvalue weighted by Crippen LogP contribution is -2.44. The maximum Gasteiger partial charge on any atom is 0.229 e. The Morgan fingerprint density at radius 1 is 1.03 bits per heavy atom. The summed E-state index contributed by atoms with van der Waals surface area (Å²) in [5.41, 5.74) is 3.98. The number of piperazine rings is 1. The lowest BCUT2D eigenvalue weighted by atomic mass is 10.2. The normalized spacial score (nSPS) is 17.2. The minimum atomic E-state index is 0.481. The van der Waals surface area contributed by atoms with Crippen LogP contribution < -0.4 is 15.5 Å². The lowest BCUT2D eigenvalue weighted by molar-refractivity contribution is 0.528. The molecular weight excluding hydrogens is 414 g/mol. The number of benzene rings is 1. The second-order valence-corrected chi connectivity index (χ2v) is 8.80. The van der Waals surface area contributed by atoms with E-state index in [0.717, 1.165) is 60.4 Å². The first-order chi connectivity index (χ1) is 16.4. The summed E-state index contributed by atoms with van der Waals surface area (Å²) in [5, 5.41) is 11.4. The van der Waals surface area contributed by atoms with Crippen LogP contribution in [0.5, 0.6) is 0 Å². The number of aromatic nitrogens is 6. The summed E-state index contributed by atoms with van der Waals surface area (Å²) in [6, 6.07) is 10.7. The summed E-state index contributed by atoms with van der Waals surface area (Å²) in [7, 11) is 0. The van der Waals surface area contributed by atoms with Crippen LogP contribution in [0, 0.1) is 0 Å². The molecule has 3 aromatic heterocycles. The Balaban J connectivity index is 1.36. The third-order valence-electron chi connectivity index (χ3n) is 6.72. The molecule has 0 spiro atoms. The van der Waals surface area contributed by atoms with Gasteiger partial charge >= 0.3 is 0 Å². The first kappa shape index (κ1) is 20.2. The maximum atomic E-state index is 5.01. The zero-order chi connectivity index (χ0) is 22.0. The van der Waals surface area contributed by atoms with Gasteiger partial charge in [-0.1, -0.05) is 31.0 Å². The highest BCUT2D eigenvalue weighted by Crippen LogP contribution is 2.33. The molecule has 0 unspecified atom stereocenters. The van der Waals surface area contributed by atoms with Gasteiger partial charge in [-0.15, -0.1) is 0 Å². The van der Waals surface area contributed by atoms with E-state index < -0.39 is 0 Å². The van der Waals surface area contributed by atoms with Gasteiger partial charge in [0.25, 0.3) is 0 Å². The predicted molar refractivity (Wildman–Crippen MR) is 129 cm³/mol. The van der Waals surface area contributed by atoms with E-state index in [-0.39, 0.29) is 0 Å². The van der Waals surface area contributed by atoms with Gasteiger partial charge in [0, 0.05) is 51.2 Å². The summed E-state index contributed by atoms with van der Waals surface area (Å²) >= 11 is 0. The van der Waals surface area contributed by atoms with E-state index in [4.69, 9.17) is 15.0 Å². The van der Waals surface area contributed by atoms with E-state index in [1.807, 2.05) is 29.3 Å². The monoisotopic (exact) mass is 443 g/mol. The van der Waals surface area contributed by atoms with E-state index in [9.17, 15) is 0 Å². The van der Waals surface area contributed by atoms with Gasteiger partial charge in [-0.3, -0.25) is 0 Å². The fourth-order valence-corrected chi connectivity index (χ4v) is 4.96. The number of fused-ring (bicyclic) bond motifs is 1. The molecule has 0 bridgehead atoms. The quantitative estimate of drug-likeness (QED) is 0.473. The molecule has 0 radical (unpaired) electrons. The molecule has 4 heterocycles. The molecule has 2 fully saturated rings. The number of rotatable bonds is 6. The average Bonchev–Trinajstić information content (AvgIpc) is 3.65. The standard InChI is InChI=1S/C24H29N9/c1-4-9-20(33-13-5-10-28-33)18(6-1)16-26-22-21-23(32(17-27-21)19-7-2-3-8-19)30-24(29-22)31-14-11-25-12-15-31/h1,4-6,9-10,13,17,19,25H,2-3,7-8,11-12,14-16H2,(H,26,29,30). The van der Waals surface area contributed by atoms with E-state index in [1.54, 1.807) is 6.20 Å². The highest BCUT2D eigenvalue weighted by Gasteiger charge is 2.23. The second-order valence-electron chi connectivity index (χ2n) is 8.80. The Morgan fingerprint density at radius 3 is 2.70 bits per heavy atom. The number of anilines is 2. The van der Waals surface area contributed by atoms with Crippen LogP contribution in [-0.2, 0) is 6.54 Å². The van der Waals surface area contributed by atoms with Gasteiger partial charge in [-0.25, -0.2) is 9.67 Å². The summed E-state index contributed by atoms with van der Waals surface area (Å²) in [4.78, 5) is 17.0. The Morgan fingerprint density at radius 2 is 1.88 bits per heavy atom. The van der Waals surface area contributed by atoms with Gasteiger partial charge < -0.3 is 20.1 Å². The van der Waals surface area contributed by atoms with E-state index in [2.05, 4.69) is 43.4 Å². The molecular formula is C24H29N9. The van der Waals surface area contributed by atoms with Crippen LogP contribution in [0.2, 0.25) is 0 Å². The molecule has 9 heteroatoms. The molecule has 2 N–H and O–H groups in total. The number of nitrogens with zero attached hydrogens (tertiary/aromatic N) is 7. The summed E-state index contributed by atoms with van der Waals surface area (Å²) in [5.74, 6) is 1.58. The average molecular weight is 444 g/mol. The number of hydrogen-bond donors (Lipinski definition) is 2. The van der Waals surface area contributed by atoms with Crippen molar-refractivity contribution in [1.82, 2.24) is 34.6 Å². The summed E-state index contributed by atoms with van der Waals surface area (Å²) < 4.78 is 4.17. The van der Waals surface area contributed by atoms with Crippen molar-refractivity contribution in [3.63, 3.8) is 0 Å². The molecule has 1 aliphatic carbocycles. The molecule has 170 valence electrons. The second kappa shape index (κ2) is 8.82. The third kappa shape index (κ3) is 3.93. The van der Waals surface area contributed by atoms with Gasteiger partial charge in [0.1, 0.15) is 0 Å². The van der Waals surface area contributed by atoms with Gasteiger partial charge in [0.05, 0.1) is 12.0 Å². The van der Waals surface area contributed by atoms with Crippen molar-refractivity contribution < 1.29 is 0 Å². The molecule has 6 rings (SSSR count). The van der Waals surface area contributed by atoms with Crippen LogP contribution in [0.3, 0.4) is 0 Å². The predicted octanol–water partition coefficient (Wildman–Crippen LogP) is 3.15. The van der Waals surface area contributed by atoms with Crippen molar-refractivity contribution in [2.75, 3.05) is 36.4 Å². The molecule has 1 saturated heterocycles. The van der Waals surface area contributed by atoms with Crippen molar-refractivity contribution >= 4 is 22.9 Å². The highest BCUT2D eigenvalue weighted by molar-refractivity contribution is 5.84. The Bertz CT molecular complexity index is 1220. The molecule has 1 aliphatic heterocycles. The summed E-state index contributed by atoms with van der Waals surface area (Å²) in [6.07, 6.45) is 10.7. The van der Waals surface area contributed by atoms with Gasteiger partial charge in [0.2, 0.25) is 5.95 Å². The molecule has 33 heavy (non-hydrogen) atoms. The zero-order valence-electron chi connectivity index (χ0n) is 18.7. The summed E-state index contributed by atoms with van der Waals surface area (Å²) in [6.45, 7) is 4.33. The largest absolute Gasteiger partial charge is 0.364 e. The third-order valence-corrected chi connectivity index (χ3v) is 6.72. The van der Waals surface area contributed by atoms with Gasteiger partial charge in [-0.2, -0.15) is 15.1 Å². The Hall–Kier alpha value is -3.46. The fourth-order valence-electron chi connectivity index (χ4n) is 4.96. The lowest BCUT2D eigenvalue weighted by Gasteiger charge is -2.27. The van der Waals surface area contributed by atoms with Crippen molar-refractivity contribution in [3.05, 3.63) is 54.6 Å². The van der Waals surface area contributed by atoms with E-state index in [0.29, 0.717) is 12.6 Å². The maximum absolute atomic E-state index is 5.01. The van der Waals surface area contributed by atoms with Crippen LogP contribution in [0.4, 0.5) is 11.8 Å². The number of hydrogen-bond acceptors (Lipinski definition) is 7. The highest BCUT2D eigenvalue weighted by atomic mass is 15.3. The number of nitrogens with one attached hydrogen (secondary N) is 2. The molecule has 0 atom stereocenters. The number of imidazole rings is 1. The Kier molecular flexibility index (Phi) is 5.39. The molecule has 1 aromatic carbocycles. The van der Waals surface area contributed by atoms with Crippen LogP contribution in [0.1, 0.15) is 37.3 Å². The van der Waals surface area contributed by atoms with Crippen LogP contribution in [-0.4, -0.2) is 55.5 Å². The van der Waals surface area contributed by atoms with Crippen molar-refractivity contribution in [3.8, 4) is 5.69 Å².